The number of unbranched alkanes of at least 4 members (excludes halogenated alkanes) is 1. The molecule has 4 rings (SSSR count). The summed E-state index contributed by atoms with van der Waals surface area (Å²) in [5.74, 6) is 0.173. The minimum absolute atomic E-state index is 0.0718. The fourth-order valence-electron chi connectivity index (χ4n) is 6.15. The van der Waals surface area contributed by atoms with Gasteiger partial charge in [0, 0.05) is 44.2 Å². The van der Waals surface area contributed by atoms with E-state index in [4.69, 9.17) is 27.9 Å². The number of anilines is 1. The van der Waals surface area contributed by atoms with E-state index < -0.39 is 0 Å². The van der Waals surface area contributed by atoms with Crippen LogP contribution in [0.15, 0.2) is 53.3 Å². The van der Waals surface area contributed by atoms with Crippen LogP contribution in [-0.4, -0.2) is 54.7 Å². The largest absolute Gasteiger partial charge is 0.494 e. The van der Waals surface area contributed by atoms with E-state index in [9.17, 15) is 9.59 Å². The van der Waals surface area contributed by atoms with Crippen LogP contribution in [0.2, 0.25) is 10.0 Å². The second-order valence-electron chi connectivity index (χ2n) is 13.5. The standard InChI is InChI=1S/C34H45Cl2N3O3/c1-24(34(5,6)23-33(2,3)4)32(41)39-29-22-26(14-12-25(29)13-15-30(39)40)42-21-8-7-16-37-17-19-38(20-18-37)28-11-9-10-27(35)31(28)36/h9-15,22,24H,7-8,16-21,23H2,1-6H3. The Bertz CT molecular complexity index is 1450. The van der Waals surface area contributed by atoms with E-state index in [0.29, 0.717) is 27.9 Å². The van der Waals surface area contributed by atoms with Crippen LogP contribution in [0.4, 0.5) is 5.69 Å². The third kappa shape index (κ3) is 7.89. The van der Waals surface area contributed by atoms with Crippen molar-refractivity contribution >= 4 is 45.7 Å². The first-order chi connectivity index (χ1) is 19.8. The number of benzene rings is 2. The molecule has 8 heteroatoms. The molecule has 42 heavy (non-hydrogen) atoms. The van der Waals surface area contributed by atoms with Gasteiger partial charge in [-0.1, -0.05) is 70.8 Å². The third-order valence-electron chi connectivity index (χ3n) is 8.40. The van der Waals surface area contributed by atoms with Crippen LogP contribution in [0.5, 0.6) is 5.75 Å². The molecule has 6 nitrogen and oxygen atoms in total. The van der Waals surface area contributed by atoms with Gasteiger partial charge < -0.3 is 9.64 Å². The lowest BCUT2D eigenvalue weighted by molar-refractivity contribution is 0.0657. The van der Waals surface area contributed by atoms with E-state index >= 15 is 0 Å². The predicted molar refractivity (Wildman–Crippen MR) is 176 cm³/mol. The van der Waals surface area contributed by atoms with Crippen LogP contribution < -0.4 is 15.2 Å². The van der Waals surface area contributed by atoms with Crippen molar-refractivity contribution in [2.45, 2.75) is 60.8 Å². The quantitative estimate of drug-likeness (QED) is 0.217. The van der Waals surface area contributed by atoms with E-state index in [2.05, 4.69) is 44.4 Å². The highest BCUT2D eigenvalue weighted by Gasteiger charge is 2.36. The summed E-state index contributed by atoms with van der Waals surface area (Å²) in [6.07, 6.45) is 2.80. The van der Waals surface area contributed by atoms with Gasteiger partial charge in [0.15, 0.2) is 0 Å². The zero-order chi connectivity index (χ0) is 30.7. The third-order valence-corrected chi connectivity index (χ3v) is 9.21. The Morgan fingerprint density at radius 1 is 0.952 bits per heavy atom. The highest BCUT2D eigenvalue weighted by Crippen LogP contribution is 2.40. The number of carbonyl (C=O) groups is 1. The Hall–Kier alpha value is -2.54. The van der Waals surface area contributed by atoms with Gasteiger partial charge in [0.1, 0.15) is 5.75 Å². The second-order valence-corrected chi connectivity index (χ2v) is 14.3. The number of ether oxygens (including phenoxy) is 1. The van der Waals surface area contributed by atoms with Crippen LogP contribution >= 0.6 is 23.2 Å². The molecule has 0 saturated carbocycles. The molecular formula is C34H45Cl2N3O3. The lowest BCUT2D eigenvalue weighted by Crippen LogP contribution is -2.46. The summed E-state index contributed by atoms with van der Waals surface area (Å²) >= 11 is 12.6. The van der Waals surface area contributed by atoms with Crippen molar-refractivity contribution in [3.8, 4) is 5.75 Å². The lowest BCUT2D eigenvalue weighted by atomic mass is 9.69. The van der Waals surface area contributed by atoms with Crippen molar-refractivity contribution in [3.63, 3.8) is 0 Å². The first-order valence-electron chi connectivity index (χ1n) is 15.0. The molecule has 0 N–H and O–H groups in total. The maximum absolute atomic E-state index is 13.7. The minimum atomic E-state index is -0.325. The summed E-state index contributed by atoms with van der Waals surface area (Å²) in [6.45, 7) is 18.1. The van der Waals surface area contributed by atoms with Gasteiger partial charge in [-0.05, 0) is 72.4 Å². The first-order valence-corrected chi connectivity index (χ1v) is 15.8. The summed E-state index contributed by atoms with van der Waals surface area (Å²) in [4.78, 5) is 31.4. The molecule has 1 fully saturated rings. The smallest absolute Gasteiger partial charge is 0.257 e. The number of hydrogen-bond donors (Lipinski definition) is 0. The zero-order valence-corrected chi connectivity index (χ0v) is 27.4. The topological polar surface area (TPSA) is 54.8 Å². The Kier molecular flexibility index (Phi) is 10.3. The Morgan fingerprint density at radius 3 is 2.33 bits per heavy atom. The molecule has 1 aromatic heterocycles. The van der Waals surface area contributed by atoms with Crippen molar-refractivity contribution in [1.29, 1.82) is 0 Å². The van der Waals surface area contributed by atoms with Gasteiger partial charge in [0.05, 0.1) is 27.9 Å². The maximum Gasteiger partial charge on any atom is 0.257 e. The van der Waals surface area contributed by atoms with Crippen molar-refractivity contribution in [2.75, 3.05) is 44.2 Å². The van der Waals surface area contributed by atoms with Crippen LogP contribution in [0, 0.1) is 16.7 Å². The Balaban J connectivity index is 1.32. The number of piperazine rings is 1. The molecule has 2 aromatic carbocycles. The van der Waals surface area contributed by atoms with Crippen molar-refractivity contribution < 1.29 is 9.53 Å². The number of rotatable bonds is 10. The van der Waals surface area contributed by atoms with E-state index in [1.807, 2.05) is 43.3 Å². The highest BCUT2D eigenvalue weighted by atomic mass is 35.5. The van der Waals surface area contributed by atoms with Crippen LogP contribution in [0.1, 0.15) is 65.6 Å². The molecule has 1 atom stereocenters. The molecule has 0 aliphatic carbocycles. The summed E-state index contributed by atoms with van der Waals surface area (Å²) < 4.78 is 7.43. The molecular weight excluding hydrogens is 569 g/mol. The molecule has 1 saturated heterocycles. The highest BCUT2D eigenvalue weighted by molar-refractivity contribution is 6.43. The van der Waals surface area contributed by atoms with Gasteiger partial charge in [-0.2, -0.15) is 0 Å². The van der Waals surface area contributed by atoms with Crippen LogP contribution in [0.3, 0.4) is 0 Å². The van der Waals surface area contributed by atoms with Crippen LogP contribution in [0.25, 0.3) is 10.9 Å². The minimum Gasteiger partial charge on any atom is -0.494 e. The number of carbonyl (C=O) groups excluding carboxylic acids is 1. The summed E-state index contributed by atoms with van der Waals surface area (Å²) in [5.41, 5.74) is 1.10. The Morgan fingerprint density at radius 2 is 1.64 bits per heavy atom. The fourth-order valence-corrected chi connectivity index (χ4v) is 6.57. The van der Waals surface area contributed by atoms with Gasteiger partial charge in [-0.25, -0.2) is 4.57 Å². The van der Waals surface area contributed by atoms with E-state index in [0.717, 1.165) is 63.1 Å². The molecule has 0 spiro atoms. The molecule has 2 heterocycles. The summed E-state index contributed by atoms with van der Waals surface area (Å²) in [7, 11) is 0. The maximum atomic E-state index is 13.7. The van der Waals surface area contributed by atoms with Crippen molar-refractivity contribution in [2.24, 2.45) is 16.7 Å². The van der Waals surface area contributed by atoms with E-state index in [1.54, 1.807) is 6.07 Å². The molecule has 228 valence electrons. The second kappa shape index (κ2) is 13.4. The molecule has 0 radical (unpaired) electrons. The number of hydrogen-bond acceptors (Lipinski definition) is 5. The monoisotopic (exact) mass is 613 g/mol. The molecule has 1 unspecified atom stereocenters. The van der Waals surface area contributed by atoms with Gasteiger partial charge in [-0.15, -0.1) is 0 Å². The number of pyridine rings is 1. The van der Waals surface area contributed by atoms with E-state index in [1.165, 1.54) is 10.6 Å². The lowest BCUT2D eigenvalue weighted by Gasteiger charge is -2.36. The van der Waals surface area contributed by atoms with Gasteiger partial charge in [0.2, 0.25) is 5.91 Å². The van der Waals surface area contributed by atoms with E-state index in [-0.39, 0.29) is 28.2 Å². The van der Waals surface area contributed by atoms with Crippen molar-refractivity contribution in [1.82, 2.24) is 9.47 Å². The molecule has 1 aliphatic rings. The number of nitrogens with zero attached hydrogens (tertiary/aromatic N) is 3. The average molecular weight is 615 g/mol. The first kappa shape index (κ1) is 32.4. The predicted octanol–water partition coefficient (Wildman–Crippen LogP) is 8.03. The summed E-state index contributed by atoms with van der Waals surface area (Å²) in [6, 6.07) is 14.7. The molecule has 0 bridgehead atoms. The number of halogens is 2. The molecule has 3 aromatic rings. The van der Waals surface area contributed by atoms with Gasteiger partial charge in [-0.3, -0.25) is 14.5 Å². The molecule has 0 amide bonds. The number of fused-ring (bicyclic) bond motifs is 1. The van der Waals surface area contributed by atoms with Gasteiger partial charge in [0.25, 0.3) is 5.56 Å². The zero-order valence-electron chi connectivity index (χ0n) is 25.9. The average Bonchev–Trinajstić information content (AvgIpc) is 2.92. The van der Waals surface area contributed by atoms with Crippen molar-refractivity contribution in [3.05, 3.63) is 68.9 Å². The normalized spacial score (nSPS) is 15.7. The van der Waals surface area contributed by atoms with Crippen LogP contribution in [-0.2, 0) is 0 Å². The van der Waals surface area contributed by atoms with Gasteiger partial charge >= 0.3 is 0 Å². The summed E-state index contributed by atoms with van der Waals surface area (Å²) in [5, 5.41) is 2.06. The molecule has 1 aliphatic heterocycles. The number of aromatic nitrogens is 1. The Labute approximate surface area is 260 Å². The fraction of sp³-hybridized carbons (Fsp3) is 0.529. The SMILES string of the molecule is CC(C(=O)n1c(=O)ccc2ccc(OCCCCN3CCN(c4cccc(Cl)c4Cl)CC3)cc21)C(C)(C)CC(C)(C)C.